The molecule has 0 atom stereocenters. The Morgan fingerprint density at radius 3 is 2.88 bits per heavy atom. The minimum absolute atomic E-state index is 0.203. The van der Waals surface area contributed by atoms with Crippen LogP contribution in [0, 0.1) is 0 Å². The lowest BCUT2D eigenvalue weighted by Crippen LogP contribution is -2.11. The van der Waals surface area contributed by atoms with Crippen LogP contribution in [0.2, 0.25) is 0 Å². The van der Waals surface area contributed by atoms with Crippen LogP contribution in [0.1, 0.15) is 16.2 Å². The van der Waals surface area contributed by atoms with Gasteiger partial charge >= 0.3 is 5.97 Å². The van der Waals surface area contributed by atoms with Crippen LogP contribution in [0.4, 0.5) is 0 Å². The molecule has 2 aromatic heterocycles. The third-order valence-corrected chi connectivity index (χ3v) is 2.08. The molecule has 6 heteroatoms. The van der Waals surface area contributed by atoms with Gasteiger partial charge in [-0.2, -0.15) is 0 Å². The van der Waals surface area contributed by atoms with Gasteiger partial charge in [-0.1, -0.05) is 0 Å². The van der Waals surface area contributed by atoms with Crippen LogP contribution in [0.5, 0.6) is 0 Å². The fourth-order valence-corrected chi connectivity index (χ4v) is 1.41. The first-order chi connectivity index (χ1) is 7.56. The van der Waals surface area contributed by atoms with E-state index in [9.17, 15) is 4.79 Å². The molecule has 1 N–H and O–H groups in total. The molecule has 0 aliphatic heterocycles. The highest BCUT2D eigenvalue weighted by Crippen LogP contribution is 2.05. The summed E-state index contributed by atoms with van der Waals surface area (Å²) in [6.45, 7) is 0.629. The summed E-state index contributed by atoms with van der Waals surface area (Å²) >= 11 is 0. The van der Waals surface area contributed by atoms with Crippen molar-refractivity contribution in [3.63, 3.8) is 0 Å². The number of rotatable bonds is 3. The third kappa shape index (κ3) is 2.01. The van der Waals surface area contributed by atoms with Gasteiger partial charge in [0.05, 0.1) is 12.1 Å². The molecule has 0 aliphatic rings. The van der Waals surface area contributed by atoms with Gasteiger partial charge in [-0.3, -0.25) is 0 Å². The first-order valence-corrected chi connectivity index (χ1v) is 4.79. The molecule has 0 saturated heterocycles. The minimum Gasteiger partial charge on any atom is -0.478 e. The van der Waals surface area contributed by atoms with E-state index in [0.29, 0.717) is 18.0 Å². The highest BCUT2D eigenvalue weighted by atomic mass is 16.4. The molecule has 2 aromatic rings. The lowest BCUT2D eigenvalue weighted by atomic mass is 10.3. The number of aromatic carboxylic acids is 1. The van der Waals surface area contributed by atoms with Gasteiger partial charge in [-0.05, 0) is 26.2 Å². The second-order valence-electron chi connectivity index (χ2n) is 3.79. The van der Waals surface area contributed by atoms with E-state index < -0.39 is 5.97 Å². The molecule has 2 rings (SSSR count). The summed E-state index contributed by atoms with van der Waals surface area (Å²) in [4.78, 5) is 17.0. The average molecular weight is 220 g/mol. The summed E-state index contributed by atoms with van der Waals surface area (Å²) in [5.74, 6) is -0.293. The predicted octanol–water partition coefficient (Wildman–Crippen LogP) is 0.489. The monoisotopic (exact) mass is 220 g/mol. The Labute approximate surface area is 92.1 Å². The van der Waals surface area contributed by atoms with Crippen LogP contribution in [-0.4, -0.2) is 44.7 Å². The zero-order valence-electron chi connectivity index (χ0n) is 9.08. The summed E-state index contributed by atoms with van der Waals surface area (Å²) in [6, 6.07) is 3.17. The van der Waals surface area contributed by atoms with E-state index in [1.54, 1.807) is 6.07 Å². The van der Waals surface area contributed by atoms with Crippen molar-refractivity contribution in [3.05, 3.63) is 29.7 Å². The zero-order chi connectivity index (χ0) is 11.7. The number of nitrogens with zero attached hydrogens (tertiary/aromatic N) is 4. The molecule has 0 unspecified atom stereocenters. The summed E-state index contributed by atoms with van der Waals surface area (Å²) in [5.41, 5.74) is 0.857. The molecule has 0 bridgehead atoms. The molecule has 0 saturated carbocycles. The zero-order valence-corrected chi connectivity index (χ0v) is 9.08. The van der Waals surface area contributed by atoms with Crippen molar-refractivity contribution in [2.45, 2.75) is 6.54 Å². The van der Waals surface area contributed by atoms with Crippen LogP contribution in [0.25, 0.3) is 5.65 Å². The molecule has 0 aliphatic carbocycles. The number of carbonyl (C=O) groups is 1. The molecular formula is C10H12N4O2. The maximum absolute atomic E-state index is 10.8. The van der Waals surface area contributed by atoms with Crippen molar-refractivity contribution in [1.29, 1.82) is 0 Å². The van der Waals surface area contributed by atoms with Crippen molar-refractivity contribution in [2.75, 3.05) is 14.1 Å². The Morgan fingerprint density at radius 2 is 2.25 bits per heavy atom. The first kappa shape index (κ1) is 10.6. The Bertz CT molecular complexity index is 533. The predicted molar refractivity (Wildman–Crippen MR) is 57.3 cm³/mol. The van der Waals surface area contributed by atoms with Crippen LogP contribution in [0.3, 0.4) is 0 Å². The van der Waals surface area contributed by atoms with Crippen molar-refractivity contribution in [2.24, 2.45) is 0 Å². The number of fused-ring (bicyclic) bond motifs is 1. The van der Waals surface area contributed by atoms with Crippen LogP contribution < -0.4 is 0 Å². The van der Waals surface area contributed by atoms with Gasteiger partial charge in [-0.15, -0.1) is 5.10 Å². The number of carboxylic acids is 1. The van der Waals surface area contributed by atoms with Gasteiger partial charge in [0.25, 0.3) is 0 Å². The Balaban J connectivity index is 2.42. The second kappa shape index (κ2) is 3.90. The largest absolute Gasteiger partial charge is 0.478 e. The van der Waals surface area contributed by atoms with E-state index in [1.165, 1.54) is 16.8 Å². The number of hydrogen-bond acceptors (Lipinski definition) is 4. The van der Waals surface area contributed by atoms with Crippen LogP contribution in [-0.2, 0) is 6.54 Å². The van der Waals surface area contributed by atoms with Crippen molar-refractivity contribution >= 4 is 11.6 Å². The van der Waals surface area contributed by atoms with Crippen molar-refractivity contribution in [3.8, 4) is 0 Å². The molecular weight excluding hydrogens is 208 g/mol. The molecule has 84 valence electrons. The van der Waals surface area contributed by atoms with E-state index in [4.69, 9.17) is 5.11 Å². The minimum atomic E-state index is -0.966. The molecule has 6 nitrogen and oxygen atoms in total. The summed E-state index contributed by atoms with van der Waals surface area (Å²) in [6.07, 6.45) is 1.46. The Hall–Kier alpha value is -1.95. The SMILES string of the molecule is CN(C)Cc1nc2ccc(C(=O)O)cn2n1. The summed E-state index contributed by atoms with van der Waals surface area (Å²) < 4.78 is 1.49. The topological polar surface area (TPSA) is 70.7 Å². The normalized spacial score (nSPS) is 11.2. The smallest absolute Gasteiger partial charge is 0.337 e. The maximum Gasteiger partial charge on any atom is 0.337 e. The number of aromatic nitrogens is 3. The molecule has 2 heterocycles. The standard InChI is InChI=1S/C10H12N4O2/c1-13(2)6-8-11-9-4-3-7(10(15)16)5-14(9)12-8/h3-5H,6H2,1-2H3,(H,15,16). The fraction of sp³-hybridized carbons (Fsp3) is 0.300. The third-order valence-electron chi connectivity index (χ3n) is 2.08. The van der Waals surface area contributed by atoms with Crippen LogP contribution >= 0.6 is 0 Å². The number of pyridine rings is 1. The molecule has 0 aromatic carbocycles. The first-order valence-electron chi connectivity index (χ1n) is 4.79. The molecule has 0 fully saturated rings. The van der Waals surface area contributed by atoms with E-state index in [-0.39, 0.29) is 5.56 Å². The molecule has 0 amide bonds. The van der Waals surface area contributed by atoms with E-state index in [2.05, 4.69) is 10.1 Å². The Kier molecular flexibility index (Phi) is 2.57. The average Bonchev–Trinajstić information content (AvgIpc) is 2.56. The summed E-state index contributed by atoms with van der Waals surface area (Å²) in [5, 5.41) is 13.0. The number of hydrogen-bond donors (Lipinski definition) is 1. The molecule has 0 spiro atoms. The number of carboxylic acid groups (broad SMARTS) is 1. The van der Waals surface area contributed by atoms with Gasteiger partial charge in [-0.25, -0.2) is 14.3 Å². The quantitative estimate of drug-likeness (QED) is 0.815. The molecule has 16 heavy (non-hydrogen) atoms. The van der Waals surface area contributed by atoms with E-state index in [1.807, 2.05) is 19.0 Å². The summed E-state index contributed by atoms with van der Waals surface area (Å²) in [7, 11) is 3.85. The highest BCUT2D eigenvalue weighted by molar-refractivity contribution is 5.87. The second-order valence-corrected chi connectivity index (χ2v) is 3.79. The molecule has 0 radical (unpaired) electrons. The van der Waals surface area contributed by atoms with Gasteiger partial charge < -0.3 is 10.0 Å². The van der Waals surface area contributed by atoms with Crippen molar-refractivity contribution in [1.82, 2.24) is 19.5 Å². The lowest BCUT2D eigenvalue weighted by Gasteiger charge is -2.03. The van der Waals surface area contributed by atoms with Crippen LogP contribution in [0.15, 0.2) is 18.3 Å². The highest BCUT2D eigenvalue weighted by Gasteiger charge is 2.07. The maximum atomic E-state index is 10.8. The van der Waals surface area contributed by atoms with Gasteiger partial charge in [0, 0.05) is 6.20 Å². The van der Waals surface area contributed by atoms with E-state index >= 15 is 0 Å². The fourth-order valence-electron chi connectivity index (χ4n) is 1.41. The Morgan fingerprint density at radius 1 is 1.50 bits per heavy atom. The van der Waals surface area contributed by atoms with Gasteiger partial charge in [0.1, 0.15) is 0 Å². The van der Waals surface area contributed by atoms with Crippen molar-refractivity contribution < 1.29 is 9.90 Å². The van der Waals surface area contributed by atoms with Gasteiger partial charge in [0.2, 0.25) is 0 Å². The van der Waals surface area contributed by atoms with E-state index in [0.717, 1.165) is 0 Å². The lowest BCUT2D eigenvalue weighted by molar-refractivity contribution is 0.0696. The van der Waals surface area contributed by atoms with Gasteiger partial charge in [0.15, 0.2) is 11.5 Å².